The Bertz CT molecular complexity index is 778. The zero-order valence-electron chi connectivity index (χ0n) is 13.4. The molecule has 0 atom stereocenters. The van der Waals surface area contributed by atoms with Gasteiger partial charge in [-0.1, -0.05) is 53.8 Å². The maximum atomic E-state index is 2.35. The van der Waals surface area contributed by atoms with Gasteiger partial charge in [-0.2, -0.15) is 4.57 Å². The van der Waals surface area contributed by atoms with E-state index < -0.39 is 0 Å². The molecule has 2 nitrogen and oxygen atoms in total. The summed E-state index contributed by atoms with van der Waals surface area (Å²) in [4.78, 5) is 2.21. The van der Waals surface area contributed by atoms with Crippen LogP contribution in [0.25, 0.3) is 16.3 Å². The largest absolute Gasteiger partial charge is 1.00 e. The van der Waals surface area contributed by atoms with Crippen LogP contribution in [0.15, 0.2) is 65.8 Å². The highest BCUT2D eigenvalue weighted by molar-refractivity contribution is 7.16. The highest BCUT2D eigenvalue weighted by Gasteiger charge is 2.12. The standard InChI is InChI=1S/C19H21N2S.HI/c1-20(2)17(14-16-8-4-3-5-9-16)12-13-21-15-22-19-11-7-6-10-18(19)21;/h3-11,14-15H,12-13H2,1-2H3;1H/q+1;/p-1. The zero-order chi connectivity index (χ0) is 15.4. The molecule has 1 heterocycles. The number of aromatic nitrogens is 1. The van der Waals surface area contributed by atoms with Crippen LogP contribution in [0.3, 0.4) is 0 Å². The Morgan fingerprint density at radius 1 is 1.04 bits per heavy atom. The van der Waals surface area contributed by atoms with Crippen LogP contribution in [0.1, 0.15) is 12.0 Å². The summed E-state index contributed by atoms with van der Waals surface area (Å²) in [6.07, 6.45) is 3.29. The maximum absolute atomic E-state index is 2.35. The smallest absolute Gasteiger partial charge is 0.225 e. The molecule has 0 saturated heterocycles. The molecule has 0 radical (unpaired) electrons. The molecular formula is C19H21IN2S. The van der Waals surface area contributed by atoms with E-state index >= 15 is 0 Å². The van der Waals surface area contributed by atoms with Crippen LogP contribution < -0.4 is 28.5 Å². The van der Waals surface area contributed by atoms with Gasteiger partial charge < -0.3 is 28.9 Å². The predicted octanol–water partition coefficient (Wildman–Crippen LogP) is 1.19. The summed E-state index contributed by atoms with van der Waals surface area (Å²) < 4.78 is 3.70. The minimum Gasteiger partial charge on any atom is -1.00 e. The van der Waals surface area contributed by atoms with Crippen molar-refractivity contribution >= 4 is 27.6 Å². The Balaban J connectivity index is 0.00000192. The maximum Gasteiger partial charge on any atom is 0.225 e. The summed E-state index contributed by atoms with van der Waals surface area (Å²) in [5.41, 5.74) is 6.14. The second kappa shape index (κ2) is 8.45. The quantitative estimate of drug-likeness (QED) is 0.431. The molecular weight excluding hydrogens is 415 g/mol. The molecule has 0 unspecified atom stereocenters. The van der Waals surface area contributed by atoms with Gasteiger partial charge in [0.2, 0.25) is 11.0 Å². The topological polar surface area (TPSA) is 7.12 Å². The Labute approximate surface area is 159 Å². The normalized spacial score (nSPS) is 11.3. The molecule has 0 bridgehead atoms. The minimum absolute atomic E-state index is 0. The number of allylic oxidation sites excluding steroid dienone is 1. The van der Waals surface area contributed by atoms with Gasteiger partial charge in [0.05, 0.1) is 0 Å². The Kier molecular flexibility index (Phi) is 6.59. The number of aryl methyl sites for hydroxylation is 1. The highest BCUT2D eigenvalue weighted by atomic mass is 127. The number of benzene rings is 2. The first-order valence-electron chi connectivity index (χ1n) is 7.52. The number of nitrogens with zero attached hydrogens (tertiary/aromatic N) is 2. The van der Waals surface area contributed by atoms with Crippen molar-refractivity contribution in [1.82, 2.24) is 4.90 Å². The highest BCUT2D eigenvalue weighted by Crippen LogP contribution is 2.17. The molecule has 0 aliphatic heterocycles. The van der Waals surface area contributed by atoms with E-state index in [2.05, 4.69) is 89.7 Å². The summed E-state index contributed by atoms with van der Waals surface area (Å²) in [7, 11) is 4.23. The molecule has 4 heteroatoms. The van der Waals surface area contributed by atoms with Crippen LogP contribution in [-0.4, -0.2) is 19.0 Å². The van der Waals surface area contributed by atoms with Crippen molar-refractivity contribution in [3.63, 3.8) is 0 Å². The number of hydrogen-bond donors (Lipinski definition) is 0. The number of thiazole rings is 1. The van der Waals surface area contributed by atoms with Gasteiger partial charge in [-0.15, -0.1) is 0 Å². The number of fused-ring (bicyclic) bond motifs is 1. The molecule has 0 aliphatic rings. The van der Waals surface area contributed by atoms with Crippen LogP contribution in [0.2, 0.25) is 0 Å². The minimum atomic E-state index is 0. The van der Waals surface area contributed by atoms with Gasteiger partial charge >= 0.3 is 0 Å². The zero-order valence-corrected chi connectivity index (χ0v) is 16.4. The average Bonchev–Trinajstić information content (AvgIpc) is 2.95. The second-order valence-electron chi connectivity index (χ2n) is 5.58. The Morgan fingerprint density at radius 3 is 2.48 bits per heavy atom. The Morgan fingerprint density at radius 2 is 1.74 bits per heavy atom. The molecule has 23 heavy (non-hydrogen) atoms. The van der Waals surface area contributed by atoms with Crippen LogP contribution in [0.4, 0.5) is 0 Å². The number of rotatable bonds is 5. The van der Waals surface area contributed by atoms with Crippen LogP contribution in [-0.2, 0) is 6.54 Å². The summed E-state index contributed by atoms with van der Waals surface area (Å²) in [5.74, 6) is 0. The number of halogens is 1. The predicted molar refractivity (Wildman–Crippen MR) is 94.7 cm³/mol. The van der Waals surface area contributed by atoms with Crippen molar-refractivity contribution in [3.8, 4) is 0 Å². The van der Waals surface area contributed by atoms with Gasteiger partial charge in [0.15, 0.2) is 6.54 Å². The first-order valence-corrected chi connectivity index (χ1v) is 8.40. The second-order valence-corrected chi connectivity index (χ2v) is 6.46. The molecule has 1 aromatic heterocycles. The van der Waals surface area contributed by atoms with Crippen LogP contribution in [0, 0.1) is 0 Å². The van der Waals surface area contributed by atoms with Crippen molar-refractivity contribution < 1.29 is 28.5 Å². The molecule has 0 spiro atoms. The third kappa shape index (κ3) is 4.54. The first-order chi connectivity index (χ1) is 10.7. The number of hydrogen-bond acceptors (Lipinski definition) is 2. The van der Waals surface area contributed by atoms with Crippen molar-refractivity contribution in [2.75, 3.05) is 14.1 Å². The lowest BCUT2D eigenvalue weighted by molar-refractivity contribution is -0.666. The molecule has 2 aromatic carbocycles. The van der Waals surface area contributed by atoms with E-state index in [0.29, 0.717) is 0 Å². The molecule has 120 valence electrons. The molecule has 3 rings (SSSR count). The van der Waals surface area contributed by atoms with Crippen molar-refractivity contribution in [1.29, 1.82) is 0 Å². The van der Waals surface area contributed by atoms with Gasteiger partial charge in [-0.3, -0.25) is 0 Å². The lowest BCUT2D eigenvalue weighted by atomic mass is 10.1. The van der Waals surface area contributed by atoms with Gasteiger partial charge in [0, 0.05) is 32.3 Å². The summed E-state index contributed by atoms with van der Waals surface area (Å²) in [6.45, 7) is 1.00. The third-order valence-corrected chi connectivity index (χ3v) is 4.76. The molecule has 0 aliphatic carbocycles. The van der Waals surface area contributed by atoms with Crippen LogP contribution in [0.5, 0.6) is 0 Å². The van der Waals surface area contributed by atoms with Crippen molar-refractivity contribution in [3.05, 3.63) is 71.4 Å². The SMILES string of the molecule is CN(C)C(=Cc1ccccc1)CC[n+]1csc2ccccc21.[I-]. The molecule has 3 aromatic rings. The van der Waals surface area contributed by atoms with Crippen molar-refractivity contribution in [2.24, 2.45) is 0 Å². The Hall–Kier alpha value is -1.40. The third-order valence-electron chi connectivity index (χ3n) is 3.80. The van der Waals surface area contributed by atoms with E-state index in [9.17, 15) is 0 Å². The lowest BCUT2D eigenvalue weighted by Crippen LogP contribution is -3.00. The average molecular weight is 436 g/mol. The fraction of sp³-hybridized carbons (Fsp3) is 0.211. The van der Waals surface area contributed by atoms with Gasteiger partial charge in [-0.25, -0.2) is 0 Å². The van der Waals surface area contributed by atoms with E-state index in [1.807, 2.05) is 11.3 Å². The van der Waals surface area contributed by atoms with Gasteiger partial charge in [0.1, 0.15) is 4.70 Å². The van der Waals surface area contributed by atoms with Gasteiger partial charge in [-0.05, 0) is 17.7 Å². The molecule has 0 fully saturated rings. The van der Waals surface area contributed by atoms with E-state index in [1.54, 1.807) is 0 Å². The van der Waals surface area contributed by atoms with Crippen LogP contribution >= 0.6 is 11.3 Å². The van der Waals surface area contributed by atoms with Crippen molar-refractivity contribution in [2.45, 2.75) is 13.0 Å². The molecule has 0 N–H and O–H groups in total. The fourth-order valence-electron chi connectivity index (χ4n) is 2.55. The lowest BCUT2D eigenvalue weighted by Gasteiger charge is -2.16. The molecule has 0 amide bonds. The fourth-order valence-corrected chi connectivity index (χ4v) is 3.47. The van der Waals surface area contributed by atoms with E-state index in [1.165, 1.54) is 21.5 Å². The summed E-state index contributed by atoms with van der Waals surface area (Å²) >= 11 is 1.81. The van der Waals surface area contributed by atoms with Gasteiger partial charge in [0.25, 0.3) is 0 Å². The summed E-state index contributed by atoms with van der Waals surface area (Å²) in [5, 5.41) is 0. The summed E-state index contributed by atoms with van der Waals surface area (Å²) in [6, 6.07) is 19.1. The molecule has 0 saturated carbocycles. The van der Waals surface area contributed by atoms with E-state index in [-0.39, 0.29) is 24.0 Å². The first kappa shape index (κ1) is 17.9. The van der Waals surface area contributed by atoms with E-state index in [4.69, 9.17) is 0 Å². The monoisotopic (exact) mass is 436 g/mol. The number of para-hydroxylation sites is 1. The van der Waals surface area contributed by atoms with E-state index in [0.717, 1.165) is 13.0 Å².